The van der Waals surface area contributed by atoms with Crippen molar-refractivity contribution in [1.29, 1.82) is 0 Å². The van der Waals surface area contributed by atoms with Gasteiger partial charge in [-0.2, -0.15) is 13.1 Å². The maximum absolute atomic E-state index is 13.9. The Hall–Kier alpha value is -5.01. The molecule has 2 heterocycles. The minimum absolute atomic E-state index is 0.0508. The fourth-order valence-corrected chi connectivity index (χ4v) is 8.43. The summed E-state index contributed by atoms with van der Waals surface area (Å²) in [6, 6.07) is 31.7. The van der Waals surface area contributed by atoms with Gasteiger partial charge in [-0.25, -0.2) is 9.82 Å². The third-order valence-corrected chi connectivity index (χ3v) is 11.3. The minimum atomic E-state index is -4.34. The number of aromatic nitrogens is 2. The number of sulfonamides is 1. The lowest BCUT2D eigenvalue weighted by atomic mass is 10.1. The van der Waals surface area contributed by atoms with Crippen LogP contribution in [-0.2, 0) is 21.2 Å². The van der Waals surface area contributed by atoms with Gasteiger partial charge < -0.3 is 10.4 Å². The van der Waals surface area contributed by atoms with E-state index in [4.69, 9.17) is 28.2 Å². The number of amides is 1. The fraction of sp³-hybridized carbons (Fsp3) is 0.0833. The molecule has 0 aliphatic carbocycles. The molecule has 1 aliphatic heterocycles. The molecular weight excluding hydrogens is 717 g/mol. The van der Waals surface area contributed by atoms with Crippen LogP contribution in [0.25, 0.3) is 10.9 Å². The summed E-state index contributed by atoms with van der Waals surface area (Å²) in [7, 11) is -4.34. The van der Waals surface area contributed by atoms with Crippen LogP contribution >= 0.6 is 35.0 Å². The number of para-hydroxylation sites is 4. The Morgan fingerprint density at radius 1 is 0.840 bits per heavy atom. The quantitative estimate of drug-likeness (QED) is 0.139. The topological polar surface area (TPSA) is 134 Å². The van der Waals surface area contributed by atoms with Gasteiger partial charge in [-0.05, 0) is 66.2 Å². The van der Waals surface area contributed by atoms with E-state index < -0.39 is 21.0 Å². The zero-order chi connectivity index (χ0) is 35.0. The van der Waals surface area contributed by atoms with Gasteiger partial charge in [0.1, 0.15) is 16.9 Å². The number of carbonyl (C=O) groups is 1. The van der Waals surface area contributed by atoms with Crippen molar-refractivity contribution in [1.82, 2.24) is 9.66 Å². The van der Waals surface area contributed by atoms with Crippen molar-refractivity contribution in [2.24, 2.45) is 0 Å². The molecule has 1 atom stereocenters. The van der Waals surface area contributed by atoms with E-state index in [1.165, 1.54) is 40.9 Å². The number of rotatable bonds is 9. The highest BCUT2D eigenvalue weighted by molar-refractivity contribution is 8.00. The maximum Gasteiger partial charge on any atom is 0.280 e. The van der Waals surface area contributed by atoms with Crippen LogP contribution in [0, 0.1) is 0 Å². The number of nitrogens with zero attached hydrogens (tertiary/aromatic N) is 3. The molecule has 6 aromatic rings. The molecule has 1 saturated heterocycles. The zero-order valence-corrected chi connectivity index (χ0v) is 29.1. The summed E-state index contributed by atoms with van der Waals surface area (Å²) in [5.74, 6) is 0.218. The van der Waals surface area contributed by atoms with Gasteiger partial charge in [0.15, 0.2) is 0 Å². The van der Waals surface area contributed by atoms with Crippen molar-refractivity contribution in [2.45, 2.75) is 16.7 Å². The molecule has 0 saturated carbocycles. The van der Waals surface area contributed by atoms with E-state index in [2.05, 4.69) is 10.1 Å². The van der Waals surface area contributed by atoms with Crippen molar-refractivity contribution in [2.75, 3.05) is 20.8 Å². The van der Waals surface area contributed by atoms with Crippen LogP contribution in [0.15, 0.2) is 125 Å². The number of phenols is 1. The number of nitrogens with one attached hydrogen (secondary N) is 2. The standard InChI is InChI=1S/C36H27Cl2N5O5S2/c37-27-11-7-12-28(38)34(27)40-29-13-4-1-8-22(29)20-32-39-30-14-5-2-9-25(30)35(46)43(32)41-50(47,48)24-18-16-23(17-19-24)42-33(45)21-49-36(42)26-10-3-6-15-31(26)44/h1-19,36,40-41,44H,20-21H2. The first kappa shape index (κ1) is 33.5. The molecule has 1 unspecified atom stereocenters. The van der Waals surface area contributed by atoms with Crippen LogP contribution in [0.1, 0.15) is 22.3 Å². The molecule has 50 heavy (non-hydrogen) atoms. The largest absolute Gasteiger partial charge is 0.508 e. The highest BCUT2D eigenvalue weighted by Crippen LogP contribution is 2.44. The molecule has 1 aromatic heterocycles. The lowest BCUT2D eigenvalue weighted by Crippen LogP contribution is -2.36. The van der Waals surface area contributed by atoms with E-state index in [0.717, 1.165) is 4.68 Å². The summed E-state index contributed by atoms with van der Waals surface area (Å²) in [5.41, 5.74) is 2.65. The predicted octanol–water partition coefficient (Wildman–Crippen LogP) is 7.45. The molecule has 0 spiro atoms. The molecule has 0 bridgehead atoms. The van der Waals surface area contributed by atoms with E-state index in [1.807, 2.05) is 24.3 Å². The first-order chi connectivity index (χ1) is 24.1. The average Bonchev–Trinajstić information content (AvgIpc) is 3.50. The average molecular weight is 745 g/mol. The molecule has 7 rings (SSSR count). The van der Waals surface area contributed by atoms with Gasteiger partial charge in [0.25, 0.3) is 15.6 Å². The third-order valence-electron chi connectivity index (χ3n) is 8.14. The Kier molecular flexibility index (Phi) is 9.19. The summed E-state index contributed by atoms with van der Waals surface area (Å²) in [4.78, 5) is 35.3. The van der Waals surface area contributed by atoms with Gasteiger partial charge in [0, 0.05) is 23.4 Å². The predicted molar refractivity (Wildman–Crippen MR) is 199 cm³/mol. The van der Waals surface area contributed by atoms with E-state index in [1.54, 1.807) is 66.7 Å². The van der Waals surface area contributed by atoms with Crippen LogP contribution < -0.4 is 20.6 Å². The molecule has 1 amide bonds. The van der Waals surface area contributed by atoms with Crippen LogP contribution in [0.3, 0.4) is 0 Å². The number of halogens is 2. The van der Waals surface area contributed by atoms with E-state index in [-0.39, 0.29) is 39.9 Å². The second-order valence-corrected chi connectivity index (χ2v) is 14.9. The van der Waals surface area contributed by atoms with Gasteiger partial charge in [-0.1, -0.05) is 77.8 Å². The third kappa shape index (κ3) is 6.50. The zero-order valence-electron chi connectivity index (χ0n) is 26.0. The summed E-state index contributed by atoms with van der Waals surface area (Å²) in [6.45, 7) is 0. The van der Waals surface area contributed by atoms with Crippen LogP contribution in [0.4, 0.5) is 17.1 Å². The molecule has 3 N–H and O–H groups in total. The summed E-state index contributed by atoms with van der Waals surface area (Å²) >= 11 is 14.2. The van der Waals surface area contributed by atoms with E-state index in [9.17, 15) is 23.1 Å². The van der Waals surface area contributed by atoms with Gasteiger partial charge in [-0.15, -0.1) is 11.8 Å². The second-order valence-electron chi connectivity index (χ2n) is 11.3. The van der Waals surface area contributed by atoms with Gasteiger partial charge in [0.05, 0.1) is 37.3 Å². The number of hydrogen-bond acceptors (Lipinski definition) is 8. The normalized spacial score (nSPS) is 14.6. The molecule has 1 fully saturated rings. The molecule has 10 nitrogen and oxygen atoms in total. The Bertz CT molecular complexity index is 2420. The summed E-state index contributed by atoms with van der Waals surface area (Å²) < 4.78 is 28.6. The van der Waals surface area contributed by atoms with Gasteiger partial charge in [-0.3, -0.25) is 14.5 Å². The van der Waals surface area contributed by atoms with Crippen LogP contribution in [-0.4, -0.2) is 34.8 Å². The van der Waals surface area contributed by atoms with Crippen molar-refractivity contribution >= 4 is 78.9 Å². The number of benzene rings is 5. The number of phenolic OH excluding ortho intramolecular Hbond substituents is 1. The Balaban J connectivity index is 1.22. The SMILES string of the molecule is O=C1CSC(c2ccccc2O)N1c1ccc(S(=O)(=O)Nn2c(Cc3ccccc3Nc3c(Cl)cccc3Cl)nc3ccccc3c2=O)cc1. The first-order valence-electron chi connectivity index (χ1n) is 15.2. The first-order valence-corrected chi connectivity index (χ1v) is 18.5. The number of thioether (sulfide) groups is 1. The molecule has 5 aromatic carbocycles. The number of anilines is 3. The highest BCUT2D eigenvalue weighted by Gasteiger charge is 2.35. The van der Waals surface area contributed by atoms with E-state index in [0.29, 0.717) is 43.8 Å². The number of hydrogen-bond donors (Lipinski definition) is 3. The molecule has 0 radical (unpaired) electrons. The molecule has 1 aliphatic rings. The summed E-state index contributed by atoms with van der Waals surface area (Å²) in [6.07, 6.45) is 0.0508. The second kappa shape index (κ2) is 13.7. The molecule has 252 valence electrons. The van der Waals surface area contributed by atoms with Gasteiger partial charge >= 0.3 is 0 Å². The van der Waals surface area contributed by atoms with Crippen molar-refractivity contribution in [3.05, 3.63) is 153 Å². The number of aromatic hydroxyl groups is 1. The Morgan fingerprint density at radius 2 is 1.52 bits per heavy atom. The van der Waals surface area contributed by atoms with Crippen molar-refractivity contribution in [3.63, 3.8) is 0 Å². The van der Waals surface area contributed by atoms with Crippen LogP contribution in [0.5, 0.6) is 5.75 Å². The summed E-state index contributed by atoms with van der Waals surface area (Å²) in [5, 5.41) is 14.3. The lowest BCUT2D eigenvalue weighted by molar-refractivity contribution is -0.115. The molecular formula is C36H27Cl2N5O5S2. The number of fused-ring (bicyclic) bond motifs is 1. The Labute approximate surface area is 301 Å². The lowest BCUT2D eigenvalue weighted by Gasteiger charge is -2.25. The Morgan fingerprint density at radius 3 is 2.28 bits per heavy atom. The van der Waals surface area contributed by atoms with E-state index >= 15 is 0 Å². The fourth-order valence-electron chi connectivity index (χ4n) is 5.70. The van der Waals surface area contributed by atoms with Crippen molar-refractivity contribution < 1.29 is 18.3 Å². The smallest absolute Gasteiger partial charge is 0.280 e. The van der Waals surface area contributed by atoms with Crippen molar-refractivity contribution in [3.8, 4) is 5.75 Å². The minimum Gasteiger partial charge on any atom is -0.508 e. The van der Waals surface area contributed by atoms with Crippen LogP contribution in [0.2, 0.25) is 10.0 Å². The van der Waals surface area contributed by atoms with Gasteiger partial charge in [0.2, 0.25) is 5.91 Å². The molecule has 14 heteroatoms. The highest BCUT2D eigenvalue weighted by atomic mass is 35.5. The maximum atomic E-state index is 13.9. The number of carbonyl (C=O) groups excluding carboxylic acids is 1. The monoisotopic (exact) mass is 743 g/mol.